The van der Waals surface area contributed by atoms with E-state index in [1.165, 1.54) is 17.4 Å². The maximum Gasteiger partial charge on any atom is 0.188 e. The van der Waals surface area contributed by atoms with Gasteiger partial charge in [0.1, 0.15) is 12.1 Å². The summed E-state index contributed by atoms with van der Waals surface area (Å²) < 4.78 is 31.8. The van der Waals surface area contributed by atoms with Gasteiger partial charge in [0.05, 0.1) is 37.6 Å². The van der Waals surface area contributed by atoms with Crippen LogP contribution in [0.1, 0.15) is 37.8 Å². The van der Waals surface area contributed by atoms with Gasteiger partial charge in [-0.3, -0.25) is 0 Å². The predicted molar refractivity (Wildman–Crippen MR) is 168 cm³/mol. The van der Waals surface area contributed by atoms with E-state index >= 15 is 0 Å². The molecule has 0 bridgehead atoms. The minimum absolute atomic E-state index is 0.0283. The average Bonchev–Trinajstić information content (AvgIpc) is 3.52. The first kappa shape index (κ1) is 33.2. The van der Waals surface area contributed by atoms with Crippen LogP contribution in [0, 0.1) is 11.2 Å². The van der Waals surface area contributed by atoms with Gasteiger partial charge in [-0.05, 0) is 61.8 Å². The van der Waals surface area contributed by atoms with E-state index in [2.05, 4.69) is 27.0 Å². The molecule has 0 spiro atoms. The standard InChI is InChI=1S/C31H41ClFN5O4S/c32-26-5-2-6-27(29(26)33)42-25-8-10-31(11-9-25,22-24-4-1-7-28(37-24)38-30-36-15-21-43-30)23-35-14-18-41-20-19-40-17-13-34-12-3-16-39/h1-2,4-7,15-16,21,25,34-35H,3,8-14,17-20,22-23H2,(H,36,37,38)/t25-,31-. The van der Waals surface area contributed by atoms with Gasteiger partial charge in [-0.1, -0.05) is 23.7 Å². The van der Waals surface area contributed by atoms with Gasteiger partial charge in [0.25, 0.3) is 0 Å². The summed E-state index contributed by atoms with van der Waals surface area (Å²) in [7, 11) is 0. The van der Waals surface area contributed by atoms with Crippen molar-refractivity contribution >= 4 is 40.2 Å². The summed E-state index contributed by atoms with van der Waals surface area (Å²) in [5, 5.41) is 12.8. The van der Waals surface area contributed by atoms with Crippen molar-refractivity contribution < 1.29 is 23.4 Å². The molecule has 43 heavy (non-hydrogen) atoms. The molecule has 1 aliphatic carbocycles. The van der Waals surface area contributed by atoms with Gasteiger partial charge < -0.3 is 35.0 Å². The number of nitrogens with one attached hydrogen (secondary N) is 3. The van der Waals surface area contributed by atoms with Crippen LogP contribution in [0.4, 0.5) is 15.3 Å². The SMILES string of the molecule is O=CCCNCCOCCOCCNC[C@]1(Cc2cccc(Nc3nccs3)n2)CC[C@@H](Oc2cccc(Cl)c2F)CC1. The molecule has 3 aromatic rings. The second-order valence-corrected chi connectivity index (χ2v) is 11.9. The van der Waals surface area contributed by atoms with Crippen molar-refractivity contribution in [1.29, 1.82) is 0 Å². The maximum atomic E-state index is 14.5. The average molecular weight is 634 g/mol. The van der Waals surface area contributed by atoms with Crippen molar-refractivity contribution in [3.8, 4) is 5.75 Å². The number of rotatable bonds is 20. The molecule has 1 fully saturated rings. The van der Waals surface area contributed by atoms with E-state index in [0.29, 0.717) is 39.4 Å². The second kappa shape index (κ2) is 18.2. The first-order valence-electron chi connectivity index (χ1n) is 14.8. The molecule has 2 aromatic heterocycles. The molecule has 4 rings (SSSR count). The summed E-state index contributed by atoms with van der Waals surface area (Å²) in [6, 6.07) is 10.9. The van der Waals surface area contributed by atoms with Crippen LogP contribution in [-0.4, -0.2) is 75.0 Å². The number of hydrogen-bond donors (Lipinski definition) is 3. The number of carbonyl (C=O) groups excluding carboxylic acids is 1. The summed E-state index contributed by atoms with van der Waals surface area (Å²) in [5.74, 6) is 0.477. The Balaban J connectivity index is 1.26. The lowest BCUT2D eigenvalue weighted by molar-refractivity contribution is -0.107. The third-order valence-electron chi connectivity index (χ3n) is 7.39. The van der Waals surface area contributed by atoms with Crippen LogP contribution < -0.4 is 20.7 Å². The van der Waals surface area contributed by atoms with E-state index in [0.717, 1.165) is 74.7 Å². The van der Waals surface area contributed by atoms with E-state index in [9.17, 15) is 9.18 Å². The molecular weight excluding hydrogens is 593 g/mol. The molecule has 2 heterocycles. The number of carbonyl (C=O) groups is 1. The molecule has 3 N–H and O–H groups in total. The van der Waals surface area contributed by atoms with Crippen molar-refractivity contribution in [2.24, 2.45) is 5.41 Å². The van der Waals surface area contributed by atoms with Crippen LogP contribution in [0.15, 0.2) is 48.0 Å². The number of ether oxygens (including phenoxy) is 3. The fourth-order valence-corrected chi connectivity index (χ4v) is 5.87. The Morgan fingerprint density at radius 2 is 1.79 bits per heavy atom. The first-order valence-corrected chi connectivity index (χ1v) is 16.1. The number of aromatic nitrogens is 2. The van der Waals surface area contributed by atoms with Crippen LogP contribution in [0.5, 0.6) is 5.75 Å². The molecule has 0 aliphatic heterocycles. The molecule has 1 aliphatic rings. The summed E-state index contributed by atoms with van der Waals surface area (Å²) in [4.78, 5) is 19.5. The Morgan fingerprint density at radius 1 is 1.02 bits per heavy atom. The van der Waals surface area contributed by atoms with E-state index in [-0.39, 0.29) is 22.3 Å². The molecular formula is C31H41ClFN5O4S. The minimum Gasteiger partial charge on any atom is -0.487 e. The predicted octanol–water partition coefficient (Wildman–Crippen LogP) is 5.43. The zero-order valence-corrected chi connectivity index (χ0v) is 25.9. The van der Waals surface area contributed by atoms with Crippen molar-refractivity contribution in [2.45, 2.75) is 44.6 Å². The Bertz CT molecular complexity index is 1230. The zero-order valence-electron chi connectivity index (χ0n) is 24.4. The number of benzene rings is 1. The topological polar surface area (TPSA) is 107 Å². The van der Waals surface area contributed by atoms with Crippen LogP contribution in [-0.2, 0) is 20.7 Å². The number of pyridine rings is 1. The number of thiazole rings is 1. The third-order valence-corrected chi connectivity index (χ3v) is 8.37. The normalized spacial score (nSPS) is 18.4. The van der Waals surface area contributed by atoms with Gasteiger partial charge in [0, 0.05) is 49.9 Å². The van der Waals surface area contributed by atoms with Crippen molar-refractivity contribution in [3.63, 3.8) is 0 Å². The molecule has 0 atom stereocenters. The number of aldehydes is 1. The van der Waals surface area contributed by atoms with Crippen LogP contribution >= 0.6 is 22.9 Å². The van der Waals surface area contributed by atoms with Gasteiger partial charge in [0.15, 0.2) is 16.7 Å². The van der Waals surface area contributed by atoms with E-state index in [1.54, 1.807) is 18.3 Å². The molecule has 0 saturated heterocycles. The fraction of sp³-hybridized carbons (Fsp3) is 0.516. The highest BCUT2D eigenvalue weighted by atomic mass is 35.5. The Hall–Kier alpha value is -2.67. The molecule has 1 saturated carbocycles. The Labute approximate surface area is 261 Å². The first-order chi connectivity index (χ1) is 21.1. The van der Waals surface area contributed by atoms with Gasteiger partial charge in [0.2, 0.25) is 0 Å². The van der Waals surface area contributed by atoms with Gasteiger partial charge >= 0.3 is 0 Å². The minimum atomic E-state index is -0.506. The summed E-state index contributed by atoms with van der Waals surface area (Å²) in [5.41, 5.74) is 0.983. The molecule has 1 aromatic carbocycles. The lowest BCUT2D eigenvalue weighted by atomic mass is 9.70. The van der Waals surface area contributed by atoms with E-state index < -0.39 is 5.82 Å². The zero-order chi connectivity index (χ0) is 30.2. The second-order valence-electron chi connectivity index (χ2n) is 10.6. The molecule has 0 unspecified atom stereocenters. The van der Waals surface area contributed by atoms with Crippen LogP contribution in [0.3, 0.4) is 0 Å². The molecule has 9 nitrogen and oxygen atoms in total. The monoisotopic (exact) mass is 633 g/mol. The largest absolute Gasteiger partial charge is 0.487 e. The smallest absolute Gasteiger partial charge is 0.188 e. The Kier molecular flexibility index (Phi) is 14.1. The van der Waals surface area contributed by atoms with Crippen LogP contribution in [0.2, 0.25) is 5.02 Å². The number of halogens is 2. The van der Waals surface area contributed by atoms with Gasteiger partial charge in [-0.2, -0.15) is 0 Å². The number of nitrogens with zero attached hydrogens (tertiary/aromatic N) is 2. The lowest BCUT2D eigenvalue weighted by Gasteiger charge is -2.40. The third kappa shape index (κ3) is 11.4. The number of anilines is 2. The highest BCUT2D eigenvalue weighted by Crippen LogP contribution is 2.40. The summed E-state index contributed by atoms with van der Waals surface area (Å²) in [6.07, 6.45) is 7.35. The lowest BCUT2D eigenvalue weighted by Crippen LogP contribution is -2.42. The fourth-order valence-electron chi connectivity index (χ4n) is 5.17. The van der Waals surface area contributed by atoms with E-state index in [4.69, 9.17) is 30.8 Å². The highest BCUT2D eigenvalue weighted by molar-refractivity contribution is 7.13. The van der Waals surface area contributed by atoms with Crippen molar-refractivity contribution in [2.75, 3.05) is 57.9 Å². The maximum absolute atomic E-state index is 14.5. The quantitative estimate of drug-likeness (QED) is 0.111. The van der Waals surface area contributed by atoms with Gasteiger partial charge in [-0.25, -0.2) is 14.4 Å². The molecule has 0 radical (unpaired) electrons. The molecule has 12 heteroatoms. The van der Waals surface area contributed by atoms with Crippen molar-refractivity contribution in [1.82, 2.24) is 20.6 Å². The van der Waals surface area contributed by atoms with Crippen molar-refractivity contribution in [3.05, 3.63) is 64.5 Å². The summed E-state index contributed by atoms with van der Waals surface area (Å²) in [6.45, 7) is 5.17. The highest BCUT2D eigenvalue weighted by Gasteiger charge is 2.36. The molecule has 0 amide bonds. The van der Waals surface area contributed by atoms with E-state index in [1.807, 2.05) is 17.5 Å². The van der Waals surface area contributed by atoms with Crippen LogP contribution in [0.25, 0.3) is 0 Å². The molecule has 234 valence electrons. The van der Waals surface area contributed by atoms with Gasteiger partial charge in [-0.15, -0.1) is 11.3 Å². The number of hydrogen-bond acceptors (Lipinski definition) is 10. The summed E-state index contributed by atoms with van der Waals surface area (Å²) >= 11 is 7.50. The Morgan fingerprint density at radius 3 is 2.53 bits per heavy atom.